The summed E-state index contributed by atoms with van der Waals surface area (Å²) in [6.45, 7) is 3.20. The van der Waals surface area contributed by atoms with Crippen molar-refractivity contribution in [1.29, 1.82) is 0 Å². The highest BCUT2D eigenvalue weighted by molar-refractivity contribution is 7.08. The maximum Gasteiger partial charge on any atom is 0.274 e. The molecule has 0 bridgehead atoms. The van der Waals surface area contributed by atoms with Gasteiger partial charge in [-0.1, -0.05) is 24.3 Å². The molecule has 0 unspecified atom stereocenters. The lowest BCUT2D eigenvalue weighted by molar-refractivity contribution is -0.130. The number of carbonyl (C=O) groups excluding carboxylic acids is 2. The second kappa shape index (κ2) is 8.85. The minimum absolute atomic E-state index is 0.0401. The number of hydrogen-bond acceptors (Lipinski definition) is 5. The Morgan fingerprint density at radius 1 is 1.16 bits per heavy atom. The van der Waals surface area contributed by atoms with Gasteiger partial charge in [0.1, 0.15) is 5.69 Å². The third kappa shape index (κ3) is 4.44. The fourth-order valence-electron chi connectivity index (χ4n) is 4.06. The summed E-state index contributed by atoms with van der Waals surface area (Å²) >= 11 is 1.66. The van der Waals surface area contributed by atoms with Gasteiger partial charge in [0.25, 0.3) is 11.5 Å². The van der Waals surface area contributed by atoms with Crippen LogP contribution in [0.25, 0.3) is 11.1 Å². The van der Waals surface area contributed by atoms with Gasteiger partial charge < -0.3 is 10.2 Å². The molecule has 3 heterocycles. The Hall–Kier alpha value is -3.26. The largest absolute Gasteiger partial charge is 0.356 e. The third-order valence-corrected chi connectivity index (χ3v) is 6.39. The van der Waals surface area contributed by atoms with Crippen LogP contribution < -0.4 is 10.9 Å². The number of rotatable bonds is 6. The zero-order valence-corrected chi connectivity index (χ0v) is 18.1. The molecule has 2 N–H and O–H groups in total. The first-order valence-electron chi connectivity index (χ1n) is 10.3. The monoisotopic (exact) mass is 436 g/mol. The van der Waals surface area contributed by atoms with Crippen molar-refractivity contribution in [3.05, 3.63) is 74.8 Å². The van der Waals surface area contributed by atoms with E-state index in [2.05, 4.69) is 56.6 Å². The normalized spacial score (nSPS) is 18.2. The summed E-state index contributed by atoms with van der Waals surface area (Å²) in [6, 6.07) is 13.0. The van der Waals surface area contributed by atoms with Crippen molar-refractivity contribution in [3.8, 4) is 11.1 Å². The van der Waals surface area contributed by atoms with Gasteiger partial charge in [-0.25, -0.2) is 5.10 Å². The number of benzene rings is 1. The van der Waals surface area contributed by atoms with Crippen molar-refractivity contribution in [1.82, 2.24) is 20.4 Å². The number of hydrogen-bond donors (Lipinski definition) is 2. The van der Waals surface area contributed by atoms with Crippen molar-refractivity contribution in [3.63, 3.8) is 0 Å². The maximum absolute atomic E-state index is 13.1. The van der Waals surface area contributed by atoms with Crippen molar-refractivity contribution in [2.75, 3.05) is 19.6 Å². The first kappa shape index (κ1) is 21.0. The lowest BCUT2D eigenvalue weighted by atomic mass is 9.79. The molecule has 1 saturated heterocycles. The first-order chi connectivity index (χ1) is 15.0. The fourth-order valence-corrected chi connectivity index (χ4v) is 4.73. The summed E-state index contributed by atoms with van der Waals surface area (Å²) in [5.41, 5.74) is 2.50. The Balaban J connectivity index is 1.55. The van der Waals surface area contributed by atoms with Crippen molar-refractivity contribution >= 4 is 23.2 Å². The van der Waals surface area contributed by atoms with Gasteiger partial charge in [-0.2, -0.15) is 16.4 Å². The van der Waals surface area contributed by atoms with E-state index in [4.69, 9.17) is 0 Å². The van der Waals surface area contributed by atoms with E-state index in [0.717, 1.165) is 11.1 Å². The Kier molecular flexibility index (Phi) is 5.99. The summed E-state index contributed by atoms with van der Waals surface area (Å²) < 4.78 is 0. The summed E-state index contributed by atoms with van der Waals surface area (Å²) in [5.74, 6) is -0.322. The molecule has 8 heteroatoms. The molecule has 2 amide bonds. The molecule has 4 rings (SSSR count). The van der Waals surface area contributed by atoms with Crippen molar-refractivity contribution in [2.45, 2.75) is 19.8 Å². The van der Waals surface area contributed by atoms with Gasteiger partial charge in [-0.05, 0) is 59.3 Å². The van der Waals surface area contributed by atoms with Crippen LogP contribution in [0, 0.1) is 5.41 Å². The first-order valence-corrected chi connectivity index (χ1v) is 11.2. The number of H-pyrrole nitrogens is 1. The minimum atomic E-state index is -0.697. The zero-order chi connectivity index (χ0) is 21.8. The van der Waals surface area contributed by atoms with E-state index in [1.54, 1.807) is 16.2 Å². The second-order valence-corrected chi connectivity index (χ2v) is 8.59. The van der Waals surface area contributed by atoms with Crippen LogP contribution in [0.3, 0.4) is 0 Å². The summed E-state index contributed by atoms with van der Waals surface area (Å²) in [6.07, 6.45) is 1.12. The Morgan fingerprint density at radius 2 is 1.97 bits per heavy atom. The second-order valence-electron chi connectivity index (χ2n) is 7.81. The average Bonchev–Trinajstić information content (AvgIpc) is 3.46. The lowest BCUT2D eigenvalue weighted by Crippen LogP contribution is -2.45. The molecule has 160 valence electrons. The predicted octanol–water partition coefficient (Wildman–Crippen LogP) is 2.71. The van der Waals surface area contributed by atoms with Gasteiger partial charge in [0.05, 0.1) is 5.41 Å². The molecule has 2 aromatic heterocycles. The van der Waals surface area contributed by atoms with Gasteiger partial charge >= 0.3 is 0 Å². The van der Waals surface area contributed by atoms with Crippen LogP contribution in [0.1, 0.15) is 29.4 Å². The number of carbonyl (C=O) groups is 2. The Labute approximate surface area is 184 Å². The molecular weight excluding hydrogens is 412 g/mol. The van der Waals surface area contributed by atoms with Gasteiger partial charge in [-0.15, -0.1) is 0 Å². The zero-order valence-electron chi connectivity index (χ0n) is 17.3. The number of aromatic nitrogens is 2. The smallest absolute Gasteiger partial charge is 0.274 e. The quantitative estimate of drug-likeness (QED) is 0.621. The molecule has 1 aliphatic heterocycles. The predicted molar refractivity (Wildman–Crippen MR) is 120 cm³/mol. The molecule has 0 spiro atoms. The number of aromatic amines is 1. The lowest BCUT2D eigenvalue weighted by Gasteiger charge is -2.28. The van der Waals surface area contributed by atoms with Gasteiger partial charge in [0.15, 0.2) is 0 Å². The standard InChI is InChI=1S/C23H24N4O3S/c1-2-24-22(30)23(13-16-3-5-17(6-4-16)18-9-12-31-14-18)10-11-27(15-23)21(29)19-7-8-20(28)26-25-19/h3-9,12,14H,2,10-11,13,15H2,1H3,(H,24,30)(H,26,28)/t23-/m1/s1. The van der Waals surface area contributed by atoms with E-state index in [9.17, 15) is 14.4 Å². The number of thiophene rings is 1. The maximum atomic E-state index is 13.1. The molecule has 1 aromatic carbocycles. The summed E-state index contributed by atoms with van der Waals surface area (Å²) in [4.78, 5) is 38.8. The summed E-state index contributed by atoms with van der Waals surface area (Å²) in [7, 11) is 0. The number of amides is 2. The highest BCUT2D eigenvalue weighted by Crippen LogP contribution is 2.36. The van der Waals surface area contributed by atoms with E-state index < -0.39 is 5.41 Å². The molecule has 0 radical (unpaired) electrons. The molecule has 1 fully saturated rings. The molecule has 0 aliphatic carbocycles. The minimum Gasteiger partial charge on any atom is -0.356 e. The van der Waals surface area contributed by atoms with Crippen LogP contribution in [0.2, 0.25) is 0 Å². The van der Waals surface area contributed by atoms with Gasteiger partial charge in [0.2, 0.25) is 5.91 Å². The molecule has 1 atom stereocenters. The third-order valence-electron chi connectivity index (χ3n) is 5.71. The van der Waals surface area contributed by atoms with E-state index in [1.165, 1.54) is 17.7 Å². The number of likely N-dealkylation sites (tertiary alicyclic amines) is 1. The number of nitrogens with one attached hydrogen (secondary N) is 2. The van der Waals surface area contributed by atoms with Crippen molar-refractivity contribution in [2.24, 2.45) is 5.41 Å². The Morgan fingerprint density at radius 3 is 2.61 bits per heavy atom. The van der Waals surface area contributed by atoms with E-state index in [-0.39, 0.29) is 23.1 Å². The highest BCUT2D eigenvalue weighted by Gasteiger charge is 2.46. The summed E-state index contributed by atoms with van der Waals surface area (Å²) in [5, 5.41) is 13.2. The molecule has 1 aliphatic rings. The molecule has 31 heavy (non-hydrogen) atoms. The molecule has 7 nitrogen and oxygen atoms in total. The van der Waals surface area contributed by atoms with Crippen LogP contribution in [0.15, 0.2) is 58.0 Å². The fraction of sp³-hybridized carbons (Fsp3) is 0.304. The van der Waals surface area contributed by atoms with Gasteiger partial charge in [-0.3, -0.25) is 14.4 Å². The topological polar surface area (TPSA) is 95.2 Å². The SMILES string of the molecule is CCNC(=O)[C@@]1(Cc2ccc(-c3ccsc3)cc2)CCN(C(=O)c2ccc(=O)[nH]n2)C1. The Bertz CT molecular complexity index is 1100. The van der Waals surface area contributed by atoms with Crippen LogP contribution in [-0.2, 0) is 11.2 Å². The molecule has 3 aromatic rings. The van der Waals surface area contributed by atoms with Gasteiger partial charge in [0, 0.05) is 25.7 Å². The van der Waals surface area contributed by atoms with Crippen LogP contribution in [-0.4, -0.2) is 46.5 Å². The van der Waals surface area contributed by atoms with E-state index >= 15 is 0 Å². The molecule has 0 saturated carbocycles. The van der Waals surface area contributed by atoms with Crippen molar-refractivity contribution < 1.29 is 9.59 Å². The van der Waals surface area contributed by atoms with E-state index in [0.29, 0.717) is 32.5 Å². The molecular formula is C23H24N4O3S. The van der Waals surface area contributed by atoms with Crippen LogP contribution in [0.4, 0.5) is 0 Å². The van der Waals surface area contributed by atoms with Crippen LogP contribution in [0.5, 0.6) is 0 Å². The highest BCUT2D eigenvalue weighted by atomic mass is 32.1. The van der Waals surface area contributed by atoms with E-state index in [1.807, 2.05) is 6.92 Å². The average molecular weight is 437 g/mol. The number of nitrogens with zero attached hydrogens (tertiary/aromatic N) is 2. The van der Waals surface area contributed by atoms with Crippen LogP contribution >= 0.6 is 11.3 Å².